The van der Waals surface area contributed by atoms with Gasteiger partial charge in [0, 0.05) is 18.7 Å². The number of nitrogens with zero attached hydrogens (tertiary/aromatic N) is 2. The molecule has 0 saturated carbocycles. The first kappa shape index (κ1) is 22.8. The highest BCUT2D eigenvalue weighted by atomic mass is 35.5. The number of aromatic nitrogens is 2. The Morgan fingerprint density at radius 3 is 2.42 bits per heavy atom. The maximum Gasteiger partial charge on any atom is 0.435 e. The SMILES string of the molecule is Cl.O=C(O[C@@H]1CNCC[C@H]1c1ccccc1)c1ccc(-n2ccc(C(F)(F)F)n2)cc1. The van der Waals surface area contributed by atoms with Gasteiger partial charge in [0.1, 0.15) is 6.10 Å². The van der Waals surface area contributed by atoms with Gasteiger partial charge in [-0.3, -0.25) is 0 Å². The maximum absolute atomic E-state index is 12.7. The Morgan fingerprint density at radius 1 is 1.06 bits per heavy atom. The highest BCUT2D eigenvalue weighted by Crippen LogP contribution is 2.29. The van der Waals surface area contributed by atoms with Crippen LogP contribution in [0.1, 0.15) is 34.0 Å². The smallest absolute Gasteiger partial charge is 0.435 e. The van der Waals surface area contributed by atoms with Crippen LogP contribution in [0.15, 0.2) is 66.9 Å². The van der Waals surface area contributed by atoms with Gasteiger partial charge in [-0.25, -0.2) is 9.48 Å². The number of rotatable bonds is 4. The summed E-state index contributed by atoms with van der Waals surface area (Å²) in [5, 5.41) is 6.79. The Morgan fingerprint density at radius 2 is 1.77 bits per heavy atom. The average molecular weight is 452 g/mol. The molecule has 9 heteroatoms. The van der Waals surface area contributed by atoms with Crippen LogP contribution >= 0.6 is 12.4 Å². The lowest BCUT2D eigenvalue weighted by Crippen LogP contribution is -2.42. The van der Waals surface area contributed by atoms with E-state index in [1.807, 2.05) is 30.3 Å². The minimum Gasteiger partial charge on any atom is -0.457 e. The maximum atomic E-state index is 12.7. The first-order valence-corrected chi connectivity index (χ1v) is 9.62. The van der Waals surface area contributed by atoms with Crippen LogP contribution in [0.5, 0.6) is 0 Å². The summed E-state index contributed by atoms with van der Waals surface area (Å²) in [7, 11) is 0. The Hall–Kier alpha value is -2.84. The molecular weight excluding hydrogens is 431 g/mol. The Balaban J connectivity index is 0.00000272. The molecule has 1 aliphatic rings. The molecule has 2 heterocycles. The lowest BCUT2D eigenvalue weighted by molar-refractivity contribution is -0.141. The third-order valence-corrected chi connectivity index (χ3v) is 5.16. The van der Waals surface area contributed by atoms with Crippen molar-refractivity contribution >= 4 is 18.4 Å². The lowest BCUT2D eigenvalue weighted by atomic mass is 9.88. The van der Waals surface area contributed by atoms with E-state index < -0.39 is 17.8 Å². The molecule has 2 aromatic carbocycles. The molecule has 5 nitrogen and oxygen atoms in total. The van der Waals surface area contributed by atoms with Gasteiger partial charge >= 0.3 is 12.1 Å². The van der Waals surface area contributed by atoms with Crippen LogP contribution in [-0.4, -0.2) is 34.9 Å². The van der Waals surface area contributed by atoms with Crippen molar-refractivity contribution in [2.45, 2.75) is 24.6 Å². The van der Waals surface area contributed by atoms with E-state index >= 15 is 0 Å². The van der Waals surface area contributed by atoms with Crippen LogP contribution in [0.4, 0.5) is 13.2 Å². The fourth-order valence-electron chi connectivity index (χ4n) is 3.61. The van der Waals surface area contributed by atoms with Crippen molar-refractivity contribution in [2.24, 2.45) is 0 Å². The Labute approximate surface area is 183 Å². The van der Waals surface area contributed by atoms with Crippen LogP contribution in [0, 0.1) is 0 Å². The summed E-state index contributed by atoms with van der Waals surface area (Å²) in [5.74, 6) is -0.354. The van der Waals surface area contributed by atoms with Gasteiger partial charge in [-0.1, -0.05) is 30.3 Å². The number of hydrogen-bond acceptors (Lipinski definition) is 4. The van der Waals surface area contributed by atoms with Crippen molar-refractivity contribution in [3.63, 3.8) is 0 Å². The third-order valence-electron chi connectivity index (χ3n) is 5.16. The van der Waals surface area contributed by atoms with E-state index in [9.17, 15) is 18.0 Å². The summed E-state index contributed by atoms with van der Waals surface area (Å²) < 4.78 is 45.1. The Kier molecular flexibility index (Phi) is 7.02. The molecule has 0 unspecified atom stereocenters. The fraction of sp³-hybridized carbons (Fsp3) is 0.273. The number of halogens is 4. The number of ether oxygens (including phenoxy) is 1. The summed E-state index contributed by atoms with van der Waals surface area (Å²) in [6.45, 7) is 1.42. The quantitative estimate of drug-likeness (QED) is 0.588. The zero-order chi connectivity index (χ0) is 21.1. The molecule has 1 aliphatic heterocycles. The summed E-state index contributed by atoms with van der Waals surface area (Å²) in [6.07, 6.45) is -2.71. The lowest BCUT2D eigenvalue weighted by Gasteiger charge is -2.32. The Bertz CT molecular complexity index is 1010. The van der Waals surface area contributed by atoms with Gasteiger partial charge in [0.05, 0.1) is 11.3 Å². The number of nitrogens with one attached hydrogen (secondary N) is 1. The standard InChI is InChI=1S/C22H20F3N3O2.ClH/c23-22(24,25)20-11-13-28(27-20)17-8-6-16(7-9-17)21(29)30-19-14-26-12-10-18(19)15-4-2-1-3-5-15;/h1-9,11,13,18-19,26H,10,12,14H2;1H/t18-,19+;/m0./s1. The van der Waals surface area contributed by atoms with Crippen LogP contribution < -0.4 is 5.32 Å². The van der Waals surface area contributed by atoms with Crippen molar-refractivity contribution in [3.8, 4) is 5.69 Å². The van der Waals surface area contributed by atoms with Gasteiger partial charge in [0.2, 0.25) is 0 Å². The molecule has 0 amide bonds. The van der Waals surface area contributed by atoms with Gasteiger partial charge in [0.15, 0.2) is 5.69 Å². The van der Waals surface area contributed by atoms with Crippen molar-refractivity contribution < 1.29 is 22.7 Å². The van der Waals surface area contributed by atoms with Gasteiger partial charge in [-0.15, -0.1) is 12.4 Å². The van der Waals surface area contributed by atoms with Crippen LogP contribution in [0.3, 0.4) is 0 Å². The number of piperidine rings is 1. The molecule has 1 aromatic heterocycles. The normalized spacial score (nSPS) is 18.8. The van der Waals surface area contributed by atoms with Crippen molar-refractivity contribution in [3.05, 3.63) is 83.7 Å². The minimum absolute atomic E-state index is 0. The van der Waals surface area contributed by atoms with E-state index in [1.54, 1.807) is 0 Å². The molecule has 4 rings (SSSR count). The van der Waals surface area contributed by atoms with Gasteiger partial charge < -0.3 is 10.1 Å². The minimum atomic E-state index is -4.50. The van der Waals surface area contributed by atoms with Crippen LogP contribution in [-0.2, 0) is 10.9 Å². The molecular formula is C22H21ClF3N3O2. The molecule has 1 saturated heterocycles. The molecule has 2 atom stereocenters. The molecule has 164 valence electrons. The van der Waals surface area contributed by atoms with E-state index in [-0.39, 0.29) is 24.4 Å². The first-order valence-electron chi connectivity index (χ1n) is 9.62. The van der Waals surface area contributed by atoms with Gasteiger partial charge in [-0.05, 0) is 48.9 Å². The number of carbonyl (C=O) groups is 1. The third kappa shape index (κ3) is 5.26. The van der Waals surface area contributed by atoms with Gasteiger partial charge in [0.25, 0.3) is 0 Å². The topological polar surface area (TPSA) is 56.1 Å². The molecule has 0 bridgehead atoms. The predicted octanol–water partition coefficient (Wildman–Crippen LogP) is 4.62. The number of benzene rings is 2. The first-order chi connectivity index (χ1) is 14.4. The number of esters is 1. The number of hydrogen-bond donors (Lipinski definition) is 1. The molecule has 3 aromatic rings. The van der Waals surface area contributed by atoms with E-state index in [1.165, 1.54) is 30.5 Å². The largest absolute Gasteiger partial charge is 0.457 e. The molecule has 1 fully saturated rings. The summed E-state index contributed by atoms with van der Waals surface area (Å²) in [4.78, 5) is 12.7. The van der Waals surface area contributed by atoms with E-state index in [0.717, 1.165) is 29.3 Å². The highest BCUT2D eigenvalue weighted by molar-refractivity contribution is 5.89. The van der Waals surface area contributed by atoms with E-state index in [0.29, 0.717) is 17.8 Å². The van der Waals surface area contributed by atoms with Gasteiger partial charge in [-0.2, -0.15) is 18.3 Å². The second kappa shape index (κ2) is 9.53. The molecule has 0 aliphatic carbocycles. The summed E-state index contributed by atoms with van der Waals surface area (Å²) >= 11 is 0. The summed E-state index contributed by atoms with van der Waals surface area (Å²) in [6, 6.07) is 17.0. The summed E-state index contributed by atoms with van der Waals surface area (Å²) in [5.41, 5.74) is 0.914. The number of carbonyl (C=O) groups excluding carboxylic acids is 1. The molecule has 0 spiro atoms. The fourth-order valence-corrected chi connectivity index (χ4v) is 3.61. The van der Waals surface area contributed by atoms with E-state index in [4.69, 9.17) is 4.74 Å². The number of alkyl halides is 3. The van der Waals surface area contributed by atoms with E-state index in [2.05, 4.69) is 10.4 Å². The van der Waals surface area contributed by atoms with Crippen LogP contribution in [0.2, 0.25) is 0 Å². The second-order valence-electron chi connectivity index (χ2n) is 7.14. The van der Waals surface area contributed by atoms with Crippen molar-refractivity contribution in [1.29, 1.82) is 0 Å². The van der Waals surface area contributed by atoms with Crippen molar-refractivity contribution in [2.75, 3.05) is 13.1 Å². The molecule has 31 heavy (non-hydrogen) atoms. The predicted molar refractivity (Wildman–Crippen MR) is 112 cm³/mol. The zero-order valence-electron chi connectivity index (χ0n) is 16.4. The highest BCUT2D eigenvalue weighted by Gasteiger charge is 2.33. The van der Waals surface area contributed by atoms with Crippen LogP contribution in [0.25, 0.3) is 5.69 Å². The second-order valence-corrected chi connectivity index (χ2v) is 7.14. The molecule has 1 N–H and O–H groups in total. The average Bonchev–Trinajstić information content (AvgIpc) is 3.26. The monoisotopic (exact) mass is 451 g/mol. The zero-order valence-corrected chi connectivity index (χ0v) is 17.2. The van der Waals surface area contributed by atoms with Crippen molar-refractivity contribution in [1.82, 2.24) is 15.1 Å². The molecule has 0 radical (unpaired) electrons.